The van der Waals surface area contributed by atoms with Gasteiger partial charge >= 0.3 is 0 Å². The average Bonchev–Trinajstić information content (AvgIpc) is 1.77. The molecule has 1 atom stereocenters. The zero-order valence-corrected chi connectivity index (χ0v) is 8.19. The Morgan fingerprint density at radius 3 is 2.67 bits per heavy atom. The first-order valence-electron chi connectivity index (χ1n) is 2.68. The summed E-state index contributed by atoms with van der Waals surface area (Å²) in [7, 11) is 0. The lowest BCUT2D eigenvalue weighted by molar-refractivity contribution is -0.118. The predicted octanol–water partition coefficient (Wildman–Crippen LogP) is 0.890. The van der Waals surface area contributed by atoms with Crippen molar-refractivity contribution in [2.75, 3.05) is 13.1 Å². The van der Waals surface area contributed by atoms with Crippen molar-refractivity contribution in [3.05, 3.63) is 0 Å². The van der Waals surface area contributed by atoms with E-state index in [2.05, 4.69) is 21.2 Å². The minimum atomic E-state index is 0. The zero-order valence-electron chi connectivity index (χ0n) is 4.89. The molecule has 1 saturated heterocycles. The molecule has 0 aliphatic carbocycles. The highest BCUT2D eigenvalue weighted by Gasteiger charge is 2.17. The fourth-order valence-electron chi connectivity index (χ4n) is 0.712. The van der Waals surface area contributed by atoms with Crippen LogP contribution in [0.15, 0.2) is 0 Å². The molecule has 1 fully saturated rings. The number of alkyl halides is 1. The molecule has 1 rings (SSSR count). The lowest BCUT2D eigenvalue weighted by Gasteiger charge is -2.14. The van der Waals surface area contributed by atoms with Crippen molar-refractivity contribution in [3.8, 4) is 0 Å². The SMILES string of the molecule is Br.O=C1CNCCC1Br. The maximum atomic E-state index is 10.7. The molecule has 9 heavy (non-hydrogen) atoms. The van der Waals surface area contributed by atoms with E-state index in [1.54, 1.807) is 0 Å². The number of piperidine rings is 1. The summed E-state index contributed by atoms with van der Waals surface area (Å²) in [6.07, 6.45) is 0.929. The van der Waals surface area contributed by atoms with Gasteiger partial charge in [0.2, 0.25) is 0 Å². The normalized spacial score (nSPS) is 27.2. The van der Waals surface area contributed by atoms with Gasteiger partial charge in [-0.1, -0.05) is 15.9 Å². The lowest BCUT2D eigenvalue weighted by Crippen LogP contribution is -2.37. The molecule has 4 heteroatoms. The number of nitrogens with one attached hydrogen (secondary N) is 1. The Bertz CT molecular complexity index is 107. The summed E-state index contributed by atoms with van der Waals surface area (Å²) in [5.74, 6) is 0.274. The zero-order chi connectivity index (χ0) is 5.98. The Labute approximate surface area is 73.3 Å². The molecule has 1 aliphatic heterocycles. The number of rotatable bonds is 0. The second kappa shape index (κ2) is 4.41. The molecule has 0 aromatic carbocycles. The van der Waals surface area contributed by atoms with Gasteiger partial charge in [-0.2, -0.15) is 0 Å². The van der Waals surface area contributed by atoms with E-state index in [0.717, 1.165) is 13.0 Å². The van der Waals surface area contributed by atoms with E-state index >= 15 is 0 Å². The van der Waals surface area contributed by atoms with Gasteiger partial charge in [0, 0.05) is 0 Å². The molecule has 0 amide bonds. The van der Waals surface area contributed by atoms with Gasteiger partial charge in [-0.3, -0.25) is 4.79 Å². The van der Waals surface area contributed by atoms with E-state index < -0.39 is 0 Å². The van der Waals surface area contributed by atoms with Crippen molar-refractivity contribution in [2.45, 2.75) is 11.2 Å². The summed E-state index contributed by atoms with van der Waals surface area (Å²) < 4.78 is 0. The fraction of sp³-hybridized carbons (Fsp3) is 0.800. The first-order valence-corrected chi connectivity index (χ1v) is 3.60. The summed E-state index contributed by atoms with van der Waals surface area (Å²) >= 11 is 3.26. The molecule has 0 radical (unpaired) electrons. The Hall–Kier alpha value is 0.590. The van der Waals surface area contributed by atoms with Crippen LogP contribution in [-0.2, 0) is 4.79 Å². The Morgan fingerprint density at radius 2 is 2.33 bits per heavy atom. The van der Waals surface area contributed by atoms with Crippen LogP contribution in [0, 0.1) is 0 Å². The molecule has 0 spiro atoms. The van der Waals surface area contributed by atoms with E-state index in [9.17, 15) is 4.79 Å². The number of halogens is 2. The van der Waals surface area contributed by atoms with E-state index in [1.165, 1.54) is 0 Å². The van der Waals surface area contributed by atoms with Crippen LogP contribution < -0.4 is 5.32 Å². The van der Waals surface area contributed by atoms with Crippen molar-refractivity contribution >= 4 is 38.7 Å². The number of Topliss-reactive ketones (excluding diaryl/α,β-unsaturated/α-hetero) is 1. The molecular formula is C5H9Br2NO. The van der Waals surface area contributed by atoms with Crippen LogP contribution in [0.5, 0.6) is 0 Å². The van der Waals surface area contributed by atoms with Gasteiger partial charge in [-0.25, -0.2) is 0 Å². The molecule has 0 bridgehead atoms. The minimum absolute atomic E-state index is 0. The Kier molecular flexibility index (Phi) is 4.70. The summed E-state index contributed by atoms with van der Waals surface area (Å²) in [6, 6.07) is 0. The third-order valence-electron chi connectivity index (χ3n) is 1.22. The molecule has 0 aromatic heterocycles. The number of carbonyl (C=O) groups is 1. The topological polar surface area (TPSA) is 29.1 Å². The van der Waals surface area contributed by atoms with Gasteiger partial charge in [-0.05, 0) is 13.0 Å². The van der Waals surface area contributed by atoms with Gasteiger partial charge in [0.25, 0.3) is 0 Å². The van der Waals surface area contributed by atoms with E-state index in [0.29, 0.717) is 6.54 Å². The molecule has 1 heterocycles. The molecule has 0 saturated carbocycles. The quantitative estimate of drug-likeness (QED) is 0.654. The number of hydrogen-bond donors (Lipinski definition) is 1. The summed E-state index contributed by atoms with van der Waals surface area (Å²) in [5, 5.41) is 2.99. The first-order chi connectivity index (χ1) is 3.80. The van der Waals surface area contributed by atoms with Crippen LogP contribution in [0.1, 0.15) is 6.42 Å². The van der Waals surface area contributed by atoms with Crippen LogP contribution in [0.25, 0.3) is 0 Å². The first kappa shape index (κ1) is 9.59. The monoisotopic (exact) mass is 257 g/mol. The molecule has 1 N–H and O–H groups in total. The second-order valence-electron chi connectivity index (χ2n) is 1.90. The summed E-state index contributed by atoms with van der Waals surface area (Å²) in [6.45, 7) is 1.50. The van der Waals surface area contributed by atoms with Crippen molar-refractivity contribution in [1.29, 1.82) is 0 Å². The molecule has 2 nitrogen and oxygen atoms in total. The maximum Gasteiger partial charge on any atom is 0.160 e. The Balaban J connectivity index is 0.000000640. The highest BCUT2D eigenvalue weighted by atomic mass is 79.9. The fourth-order valence-corrected chi connectivity index (χ4v) is 1.10. The van der Waals surface area contributed by atoms with Gasteiger partial charge in [0.1, 0.15) is 0 Å². The Morgan fingerprint density at radius 1 is 1.67 bits per heavy atom. The molecule has 1 aliphatic rings. The van der Waals surface area contributed by atoms with Crippen molar-refractivity contribution in [1.82, 2.24) is 5.32 Å². The van der Waals surface area contributed by atoms with Crippen LogP contribution in [0.2, 0.25) is 0 Å². The van der Waals surface area contributed by atoms with E-state index in [-0.39, 0.29) is 27.6 Å². The average molecular weight is 259 g/mol. The highest BCUT2D eigenvalue weighted by molar-refractivity contribution is 9.10. The van der Waals surface area contributed by atoms with E-state index in [4.69, 9.17) is 0 Å². The minimum Gasteiger partial charge on any atom is -0.310 e. The molecule has 1 unspecified atom stereocenters. The second-order valence-corrected chi connectivity index (χ2v) is 3.00. The van der Waals surface area contributed by atoms with Gasteiger partial charge < -0.3 is 5.32 Å². The maximum absolute atomic E-state index is 10.7. The number of hydrogen-bond acceptors (Lipinski definition) is 2. The summed E-state index contributed by atoms with van der Waals surface area (Å²) in [4.78, 5) is 10.8. The van der Waals surface area contributed by atoms with Gasteiger partial charge in [0.15, 0.2) is 5.78 Å². The van der Waals surface area contributed by atoms with Gasteiger partial charge in [-0.15, -0.1) is 17.0 Å². The number of ketones is 1. The molecule has 54 valence electrons. The van der Waals surface area contributed by atoms with Crippen molar-refractivity contribution < 1.29 is 4.79 Å². The van der Waals surface area contributed by atoms with E-state index in [1.807, 2.05) is 0 Å². The summed E-state index contributed by atoms with van der Waals surface area (Å²) in [5.41, 5.74) is 0. The highest BCUT2D eigenvalue weighted by Crippen LogP contribution is 2.07. The number of carbonyl (C=O) groups excluding carboxylic acids is 1. The smallest absolute Gasteiger partial charge is 0.160 e. The van der Waals surface area contributed by atoms with Crippen LogP contribution in [0.3, 0.4) is 0 Å². The third-order valence-corrected chi connectivity index (χ3v) is 2.19. The molecule has 0 aromatic rings. The van der Waals surface area contributed by atoms with Gasteiger partial charge in [0.05, 0.1) is 11.4 Å². The van der Waals surface area contributed by atoms with Crippen LogP contribution >= 0.6 is 32.9 Å². The largest absolute Gasteiger partial charge is 0.310 e. The van der Waals surface area contributed by atoms with Crippen molar-refractivity contribution in [3.63, 3.8) is 0 Å². The van der Waals surface area contributed by atoms with Crippen LogP contribution in [-0.4, -0.2) is 23.7 Å². The predicted molar refractivity (Wildman–Crippen MR) is 45.5 cm³/mol. The standard InChI is InChI=1S/C5H8BrNO.BrH/c6-4-1-2-7-3-5(4)8;/h4,7H,1-3H2;1H. The molecular weight excluding hydrogens is 250 g/mol. The lowest BCUT2D eigenvalue weighted by atomic mass is 10.1. The van der Waals surface area contributed by atoms with Crippen LogP contribution in [0.4, 0.5) is 0 Å². The van der Waals surface area contributed by atoms with Crippen molar-refractivity contribution in [2.24, 2.45) is 0 Å². The third kappa shape index (κ3) is 2.78.